The monoisotopic (exact) mass is 254 g/mol. The summed E-state index contributed by atoms with van der Waals surface area (Å²) in [7, 11) is 0. The summed E-state index contributed by atoms with van der Waals surface area (Å²) in [5.41, 5.74) is 1.03. The van der Waals surface area contributed by atoms with E-state index in [1.165, 1.54) is 12.4 Å². The molecule has 1 aromatic heterocycles. The largest absolute Gasteiger partial charge is 0.486 e. The van der Waals surface area contributed by atoms with Crippen molar-refractivity contribution >= 4 is 23.2 Å². The third kappa shape index (κ3) is 3.08. The summed E-state index contributed by atoms with van der Waals surface area (Å²) < 4.78 is 5.46. The second-order valence-corrected chi connectivity index (χ2v) is 3.88. The molecular weight excluding hydrogens is 247 g/mol. The van der Waals surface area contributed by atoms with Gasteiger partial charge in [-0.1, -0.05) is 23.7 Å². The molecule has 5 heteroatoms. The second-order valence-electron chi connectivity index (χ2n) is 3.10. The molecule has 0 unspecified atom stereocenters. The van der Waals surface area contributed by atoms with E-state index in [1.54, 1.807) is 0 Å². The van der Waals surface area contributed by atoms with Crippen LogP contribution in [0.5, 0.6) is 5.75 Å². The van der Waals surface area contributed by atoms with Gasteiger partial charge in [0.05, 0.1) is 12.4 Å². The van der Waals surface area contributed by atoms with Crippen molar-refractivity contribution in [2.75, 3.05) is 0 Å². The van der Waals surface area contributed by atoms with Gasteiger partial charge in [-0.3, -0.25) is 0 Å². The van der Waals surface area contributed by atoms with Gasteiger partial charge in [-0.15, -0.1) is 0 Å². The van der Waals surface area contributed by atoms with Gasteiger partial charge < -0.3 is 4.74 Å². The van der Waals surface area contributed by atoms with Gasteiger partial charge in [0, 0.05) is 5.02 Å². The third-order valence-corrected chi connectivity index (χ3v) is 2.36. The first-order chi connectivity index (χ1) is 7.74. The van der Waals surface area contributed by atoms with Gasteiger partial charge in [0.2, 0.25) is 5.28 Å². The Morgan fingerprint density at radius 2 is 1.62 bits per heavy atom. The minimum atomic E-state index is 0.207. The number of rotatable bonds is 3. The molecule has 82 valence electrons. The number of aromatic nitrogens is 2. The lowest BCUT2D eigenvalue weighted by Crippen LogP contribution is -1.96. The molecule has 0 amide bonds. The lowest BCUT2D eigenvalue weighted by Gasteiger charge is -2.05. The standard InChI is InChI=1S/C11H8Cl2N2O/c12-9-3-1-8(2-4-9)7-16-10-5-14-11(13)15-6-10/h1-6H,7H2. The van der Waals surface area contributed by atoms with Crippen LogP contribution in [0.1, 0.15) is 5.56 Å². The van der Waals surface area contributed by atoms with Crippen LogP contribution in [-0.4, -0.2) is 9.97 Å². The number of hydrogen-bond acceptors (Lipinski definition) is 3. The van der Waals surface area contributed by atoms with E-state index < -0.39 is 0 Å². The molecule has 0 aliphatic rings. The van der Waals surface area contributed by atoms with Crippen molar-refractivity contribution in [3.63, 3.8) is 0 Å². The Morgan fingerprint density at radius 3 is 2.25 bits per heavy atom. The van der Waals surface area contributed by atoms with Crippen LogP contribution in [0.3, 0.4) is 0 Å². The average Bonchev–Trinajstić information content (AvgIpc) is 2.30. The maximum Gasteiger partial charge on any atom is 0.222 e. The van der Waals surface area contributed by atoms with Crippen LogP contribution in [0, 0.1) is 0 Å². The highest BCUT2D eigenvalue weighted by molar-refractivity contribution is 6.30. The fourth-order valence-electron chi connectivity index (χ4n) is 1.12. The number of hydrogen-bond donors (Lipinski definition) is 0. The van der Waals surface area contributed by atoms with Gasteiger partial charge in [0.25, 0.3) is 0 Å². The van der Waals surface area contributed by atoms with Crippen molar-refractivity contribution in [3.8, 4) is 5.75 Å². The van der Waals surface area contributed by atoms with Crippen LogP contribution >= 0.6 is 23.2 Å². The van der Waals surface area contributed by atoms with Gasteiger partial charge >= 0.3 is 0 Å². The normalized spacial score (nSPS) is 10.1. The summed E-state index contributed by atoms with van der Waals surface area (Å²) in [6.07, 6.45) is 3.07. The zero-order valence-corrected chi connectivity index (χ0v) is 9.74. The summed E-state index contributed by atoms with van der Waals surface area (Å²) in [5.74, 6) is 0.583. The Kier molecular flexibility index (Phi) is 3.59. The van der Waals surface area contributed by atoms with E-state index >= 15 is 0 Å². The maximum atomic E-state index is 5.77. The zero-order chi connectivity index (χ0) is 11.4. The average molecular weight is 255 g/mol. The van der Waals surface area contributed by atoms with Crippen LogP contribution in [0.4, 0.5) is 0 Å². The third-order valence-electron chi connectivity index (χ3n) is 1.92. The lowest BCUT2D eigenvalue weighted by molar-refractivity contribution is 0.303. The van der Waals surface area contributed by atoms with Crippen molar-refractivity contribution < 1.29 is 4.74 Å². The molecule has 0 spiro atoms. The fourth-order valence-corrected chi connectivity index (χ4v) is 1.35. The van der Waals surface area contributed by atoms with E-state index in [9.17, 15) is 0 Å². The topological polar surface area (TPSA) is 35.0 Å². The molecular formula is C11H8Cl2N2O. The SMILES string of the molecule is Clc1ccc(COc2cnc(Cl)nc2)cc1. The van der Waals surface area contributed by atoms with Gasteiger partial charge in [-0.25, -0.2) is 9.97 Å². The Balaban J connectivity index is 1.97. The maximum absolute atomic E-state index is 5.77. The predicted molar refractivity (Wildman–Crippen MR) is 62.8 cm³/mol. The highest BCUT2D eigenvalue weighted by atomic mass is 35.5. The van der Waals surface area contributed by atoms with E-state index in [0.29, 0.717) is 17.4 Å². The molecule has 0 fully saturated rings. The minimum Gasteiger partial charge on any atom is -0.486 e. The Labute approximate surface area is 103 Å². The molecule has 0 aliphatic carbocycles. The summed E-state index contributed by atoms with van der Waals surface area (Å²) in [6.45, 7) is 0.447. The molecule has 1 heterocycles. The summed E-state index contributed by atoms with van der Waals surface area (Å²) in [6, 6.07) is 7.44. The lowest BCUT2D eigenvalue weighted by atomic mass is 10.2. The summed E-state index contributed by atoms with van der Waals surface area (Å²) in [4.78, 5) is 7.63. The predicted octanol–water partition coefficient (Wildman–Crippen LogP) is 3.36. The van der Waals surface area contributed by atoms with Gasteiger partial charge in [-0.05, 0) is 29.3 Å². The zero-order valence-electron chi connectivity index (χ0n) is 8.23. The summed E-state index contributed by atoms with van der Waals surface area (Å²) >= 11 is 11.3. The molecule has 0 saturated carbocycles. The van der Waals surface area contributed by atoms with Crippen LogP contribution < -0.4 is 4.74 Å². The summed E-state index contributed by atoms with van der Waals surface area (Å²) in [5, 5.41) is 0.914. The van der Waals surface area contributed by atoms with Gasteiger partial charge in [0.1, 0.15) is 6.61 Å². The van der Waals surface area contributed by atoms with Crippen molar-refractivity contribution in [2.24, 2.45) is 0 Å². The molecule has 2 aromatic rings. The van der Waals surface area contributed by atoms with Gasteiger partial charge in [0.15, 0.2) is 5.75 Å². The van der Waals surface area contributed by atoms with Crippen molar-refractivity contribution in [2.45, 2.75) is 6.61 Å². The molecule has 0 radical (unpaired) electrons. The molecule has 0 N–H and O–H groups in total. The fraction of sp³-hybridized carbons (Fsp3) is 0.0909. The second kappa shape index (κ2) is 5.14. The number of ether oxygens (including phenoxy) is 1. The Morgan fingerprint density at radius 1 is 1.00 bits per heavy atom. The van der Waals surface area contributed by atoms with Crippen LogP contribution in [-0.2, 0) is 6.61 Å². The first-order valence-corrected chi connectivity index (χ1v) is 5.34. The molecule has 2 rings (SSSR count). The van der Waals surface area contributed by atoms with E-state index in [1.807, 2.05) is 24.3 Å². The highest BCUT2D eigenvalue weighted by Gasteiger charge is 1.97. The van der Waals surface area contributed by atoms with Crippen molar-refractivity contribution in [3.05, 3.63) is 52.5 Å². The van der Waals surface area contributed by atoms with Crippen LogP contribution in [0.2, 0.25) is 10.3 Å². The molecule has 0 saturated heterocycles. The van der Waals surface area contributed by atoms with Crippen molar-refractivity contribution in [1.82, 2.24) is 9.97 Å². The molecule has 16 heavy (non-hydrogen) atoms. The molecule has 0 aliphatic heterocycles. The number of benzene rings is 1. The highest BCUT2D eigenvalue weighted by Crippen LogP contribution is 2.13. The number of halogens is 2. The van der Waals surface area contributed by atoms with E-state index in [0.717, 1.165) is 5.56 Å². The molecule has 3 nitrogen and oxygen atoms in total. The van der Waals surface area contributed by atoms with E-state index in [4.69, 9.17) is 27.9 Å². The first-order valence-electron chi connectivity index (χ1n) is 4.59. The molecule has 0 bridgehead atoms. The van der Waals surface area contributed by atoms with Crippen LogP contribution in [0.15, 0.2) is 36.7 Å². The molecule has 0 atom stereocenters. The van der Waals surface area contributed by atoms with E-state index in [-0.39, 0.29) is 5.28 Å². The Hall–Kier alpha value is -1.32. The minimum absolute atomic E-state index is 0.207. The van der Waals surface area contributed by atoms with E-state index in [2.05, 4.69) is 9.97 Å². The van der Waals surface area contributed by atoms with Crippen molar-refractivity contribution in [1.29, 1.82) is 0 Å². The van der Waals surface area contributed by atoms with Gasteiger partial charge in [-0.2, -0.15) is 0 Å². The number of nitrogens with zero attached hydrogens (tertiary/aromatic N) is 2. The Bertz CT molecular complexity index is 411. The first kappa shape index (κ1) is 11.2. The van der Waals surface area contributed by atoms with Crippen LogP contribution in [0.25, 0.3) is 0 Å². The molecule has 1 aromatic carbocycles. The smallest absolute Gasteiger partial charge is 0.222 e. The quantitative estimate of drug-likeness (QED) is 0.789.